The molecule has 0 unspecified atom stereocenters. The van der Waals surface area contributed by atoms with Gasteiger partial charge in [0.1, 0.15) is 5.69 Å². The number of benzene rings is 1. The van der Waals surface area contributed by atoms with E-state index in [1.165, 1.54) is 0 Å². The molecule has 0 spiro atoms. The summed E-state index contributed by atoms with van der Waals surface area (Å²) in [7, 11) is 0. The zero-order valence-corrected chi connectivity index (χ0v) is 14.9. The number of rotatable bonds is 5. The molecule has 0 atom stereocenters. The smallest absolute Gasteiger partial charge is 0.272 e. The summed E-state index contributed by atoms with van der Waals surface area (Å²) in [5.74, 6) is -0.228. The molecule has 0 fully saturated rings. The normalized spacial score (nSPS) is 11.3. The number of pyridine rings is 1. The number of H-pyrrole nitrogens is 1. The van der Waals surface area contributed by atoms with Gasteiger partial charge >= 0.3 is 0 Å². The van der Waals surface area contributed by atoms with E-state index in [9.17, 15) is 4.79 Å². The fraction of sp³-hybridized carbons (Fsp3) is 0.100. The van der Waals surface area contributed by atoms with Crippen molar-refractivity contribution in [2.45, 2.75) is 13.1 Å². The number of carbonyl (C=O) groups is 1. The van der Waals surface area contributed by atoms with E-state index in [4.69, 9.17) is 0 Å². The van der Waals surface area contributed by atoms with Crippen molar-refractivity contribution in [2.24, 2.45) is 0 Å². The van der Waals surface area contributed by atoms with Crippen LogP contribution in [0.4, 0.5) is 0 Å². The van der Waals surface area contributed by atoms with Gasteiger partial charge in [0.2, 0.25) is 0 Å². The number of hydrogen-bond acceptors (Lipinski definition) is 4. The zero-order valence-electron chi connectivity index (χ0n) is 14.9. The number of nitrogens with zero attached hydrogens (tertiary/aromatic N) is 5. The predicted molar refractivity (Wildman–Crippen MR) is 104 cm³/mol. The summed E-state index contributed by atoms with van der Waals surface area (Å²) < 4.78 is 3.80. The molecule has 28 heavy (non-hydrogen) atoms. The van der Waals surface area contributed by atoms with Crippen molar-refractivity contribution in [3.8, 4) is 0 Å². The third kappa shape index (κ3) is 2.90. The second kappa shape index (κ2) is 6.66. The molecular weight excluding hydrogens is 354 g/mol. The SMILES string of the molecule is O=C(NCc1cnn2ccccc12)c1cc(Cn2cnc3ccccc32)[nH]n1. The molecule has 0 radical (unpaired) electrons. The Morgan fingerprint density at radius 1 is 1.11 bits per heavy atom. The number of hydrogen-bond donors (Lipinski definition) is 2. The Bertz CT molecular complexity index is 1280. The average molecular weight is 371 g/mol. The Kier molecular flexibility index (Phi) is 3.86. The summed E-state index contributed by atoms with van der Waals surface area (Å²) in [4.78, 5) is 16.8. The van der Waals surface area contributed by atoms with Crippen molar-refractivity contribution in [3.63, 3.8) is 0 Å². The van der Waals surface area contributed by atoms with Crippen molar-refractivity contribution in [1.82, 2.24) is 34.7 Å². The van der Waals surface area contributed by atoms with Gasteiger partial charge in [0.25, 0.3) is 5.91 Å². The number of imidazole rings is 1. The lowest BCUT2D eigenvalue weighted by Crippen LogP contribution is -2.23. The van der Waals surface area contributed by atoms with Crippen molar-refractivity contribution in [3.05, 3.63) is 84.2 Å². The maximum Gasteiger partial charge on any atom is 0.272 e. The first-order chi connectivity index (χ1) is 13.8. The topological polar surface area (TPSA) is 92.9 Å². The quantitative estimate of drug-likeness (QED) is 0.496. The van der Waals surface area contributed by atoms with Crippen LogP contribution in [0.25, 0.3) is 16.6 Å². The first-order valence-electron chi connectivity index (χ1n) is 8.91. The maximum atomic E-state index is 12.5. The molecule has 0 saturated heterocycles. The number of fused-ring (bicyclic) bond motifs is 2. The molecule has 5 aromatic rings. The van der Waals surface area contributed by atoms with Gasteiger partial charge in [-0.1, -0.05) is 18.2 Å². The second-order valence-corrected chi connectivity index (χ2v) is 6.52. The predicted octanol–water partition coefficient (Wildman–Crippen LogP) is 2.39. The summed E-state index contributed by atoms with van der Waals surface area (Å²) >= 11 is 0. The number of aromatic amines is 1. The van der Waals surface area contributed by atoms with Gasteiger partial charge in [-0.05, 0) is 30.3 Å². The van der Waals surface area contributed by atoms with Gasteiger partial charge in [0, 0.05) is 18.3 Å². The Labute approximate surface area is 159 Å². The monoisotopic (exact) mass is 371 g/mol. The molecule has 2 N–H and O–H groups in total. The lowest BCUT2D eigenvalue weighted by atomic mass is 10.2. The van der Waals surface area contributed by atoms with Gasteiger partial charge < -0.3 is 9.88 Å². The largest absolute Gasteiger partial charge is 0.346 e. The minimum absolute atomic E-state index is 0.228. The van der Waals surface area contributed by atoms with Crippen molar-refractivity contribution in [2.75, 3.05) is 0 Å². The van der Waals surface area contributed by atoms with Crippen LogP contribution in [0.2, 0.25) is 0 Å². The Hall–Kier alpha value is -3.94. The van der Waals surface area contributed by atoms with Crippen LogP contribution in [0.3, 0.4) is 0 Å². The van der Waals surface area contributed by atoms with Crippen LogP contribution in [0.1, 0.15) is 21.7 Å². The highest BCUT2D eigenvalue weighted by Crippen LogP contribution is 2.14. The highest BCUT2D eigenvalue weighted by atomic mass is 16.1. The fourth-order valence-electron chi connectivity index (χ4n) is 3.27. The summed E-state index contributed by atoms with van der Waals surface area (Å²) in [6.07, 6.45) is 5.42. The van der Waals surface area contributed by atoms with Crippen LogP contribution in [0.5, 0.6) is 0 Å². The van der Waals surface area contributed by atoms with Crippen LogP contribution in [-0.2, 0) is 13.1 Å². The molecule has 8 nitrogen and oxygen atoms in total. The number of para-hydroxylation sites is 2. The lowest BCUT2D eigenvalue weighted by Gasteiger charge is -2.02. The molecule has 0 aliphatic rings. The van der Waals surface area contributed by atoms with Gasteiger partial charge in [0.15, 0.2) is 0 Å². The Morgan fingerprint density at radius 2 is 1.96 bits per heavy atom. The van der Waals surface area contributed by atoms with E-state index in [-0.39, 0.29) is 5.91 Å². The van der Waals surface area contributed by atoms with Crippen LogP contribution in [0.15, 0.2) is 67.3 Å². The number of carbonyl (C=O) groups excluding carboxylic acids is 1. The van der Waals surface area contributed by atoms with Crippen LogP contribution < -0.4 is 5.32 Å². The number of amides is 1. The number of nitrogens with one attached hydrogen (secondary N) is 2. The van der Waals surface area contributed by atoms with Crippen molar-refractivity contribution < 1.29 is 4.79 Å². The molecule has 4 aromatic heterocycles. The third-order valence-corrected chi connectivity index (χ3v) is 4.68. The van der Waals surface area contributed by atoms with Crippen LogP contribution >= 0.6 is 0 Å². The van der Waals surface area contributed by atoms with E-state index in [0.717, 1.165) is 27.8 Å². The standard InChI is InChI=1S/C20H17N7O/c28-20(21-10-14-11-23-27-8-4-3-6-18(14)27)17-9-15(24-25-17)12-26-13-22-16-5-1-2-7-19(16)26/h1-9,11,13H,10,12H2,(H,21,28)(H,24,25). The number of aromatic nitrogens is 6. The van der Waals surface area contributed by atoms with Crippen molar-refractivity contribution in [1.29, 1.82) is 0 Å². The van der Waals surface area contributed by atoms with E-state index in [1.807, 2.05) is 53.2 Å². The van der Waals surface area contributed by atoms with E-state index in [1.54, 1.807) is 23.1 Å². The summed E-state index contributed by atoms with van der Waals surface area (Å²) in [5, 5.41) is 14.3. The molecule has 0 saturated carbocycles. The summed E-state index contributed by atoms with van der Waals surface area (Å²) in [6.45, 7) is 0.954. The summed E-state index contributed by atoms with van der Waals surface area (Å²) in [5.41, 5.74) is 5.09. The van der Waals surface area contributed by atoms with E-state index >= 15 is 0 Å². The van der Waals surface area contributed by atoms with Crippen molar-refractivity contribution >= 4 is 22.5 Å². The van der Waals surface area contributed by atoms with Gasteiger partial charge in [0.05, 0.1) is 41.3 Å². The summed E-state index contributed by atoms with van der Waals surface area (Å²) in [6, 6.07) is 15.5. The Morgan fingerprint density at radius 3 is 2.93 bits per heavy atom. The van der Waals surface area contributed by atoms with Crippen LogP contribution in [0, 0.1) is 0 Å². The van der Waals surface area contributed by atoms with E-state index < -0.39 is 0 Å². The van der Waals surface area contributed by atoms with E-state index in [0.29, 0.717) is 18.8 Å². The second-order valence-electron chi connectivity index (χ2n) is 6.52. The molecule has 8 heteroatoms. The van der Waals surface area contributed by atoms with Gasteiger partial charge in [-0.15, -0.1) is 0 Å². The highest BCUT2D eigenvalue weighted by Gasteiger charge is 2.12. The van der Waals surface area contributed by atoms with Gasteiger partial charge in [-0.25, -0.2) is 9.50 Å². The minimum atomic E-state index is -0.228. The zero-order chi connectivity index (χ0) is 18.9. The molecule has 1 amide bonds. The van der Waals surface area contributed by atoms with Gasteiger partial charge in [-0.3, -0.25) is 9.89 Å². The molecule has 4 heterocycles. The van der Waals surface area contributed by atoms with Crippen LogP contribution in [-0.4, -0.2) is 35.3 Å². The first-order valence-corrected chi connectivity index (χ1v) is 8.91. The molecular formula is C20H17N7O. The molecule has 1 aromatic carbocycles. The molecule has 0 bridgehead atoms. The Balaban J connectivity index is 1.28. The molecule has 0 aliphatic carbocycles. The van der Waals surface area contributed by atoms with E-state index in [2.05, 4.69) is 25.6 Å². The van der Waals surface area contributed by atoms with Gasteiger partial charge in [-0.2, -0.15) is 10.2 Å². The third-order valence-electron chi connectivity index (χ3n) is 4.68. The lowest BCUT2D eigenvalue weighted by molar-refractivity contribution is 0.0946. The maximum absolute atomic E-state index is 12.5. The highest BCUT2D eigenvalue weighted by molar-refractivity contribution is 5.92. The average Bonchev–Trinajstić information content (AvgIpc) is 3.46. The molecule has 5 rings (SSSR count). The fourth-order valence-corrected chi connectivity index (χ4v) is 3.27. The minimum Gasteiger partial charge on any atom is -0.346 e. The molecule has 0 aliphatic heterocycles. The first kappa shape index (κ1) is 16.2. The molecule has 138 valence electrons.